The molecular formula is C17H23NO4. The number of carboxylic acids is 1. The summed E-state index contributed by atoms with van der Waals surface area (Å²) in [5.74, 6) is -1.01. The van der Waals surface area contributed by atoms with Crippen LogP contribution in [-0.4, -0.2) is 39.8 Å². The number of hydrogen-bond acceptors (Lipinski definition) is 3. The summed E-state index contributed by atoms with van der Waals surface area (Å²) in [5, 5.41) is 9.61. The Labute approximate surface area is 130 Å². The summed E-state index contributed by atoms with van der Waals surface area (Å²) in [6.45, 7) is 7.25. The number of rotatable bonds is 2. The molecule has 22 heavy (non-hydrogen) atoms. The second kappa shape index (κ2) is 5.63. The highest BCUT2D eigenvalue weighted by molar-refractivity contribution is 5.85. The van der Waals surface area contributed by atoms with E-state index < -0.39 is 23.2 Å². The topological polar surface area (TPSA) is 66.8 Å². The Kier molecular flexibility index (Phi) is 4.18. The van der Waals surface area contributed by atoms with Crippen LogP contribution in [-0.2, 0) is 9.53 Å². The molecule has 1 saturated heterocycles. The van der Waals surface area contributed by atoms with Gasteiger partial charge in [-0.1, -0.05) is 30.3 Å². The fourth-order valence-corrected chi connectivity index (χ4v) is 2.82. The highest BCUT2D eigenvalue weighted by Crippen LogP contribution is 2.39. The van der Waals surface area contributed by atoms with Crippen molar-refractivity contribution in [2.45, 2.75) is 51.2 Å². The normalized spacial score (nSPS) is 25.1. The third kappa shape index (κ3) is 3.24. The summed E-state index contributed by atoms with van der Waals surface area (Å²) in [6, 6.07) is 9.69. The van der Waals surface area contributed by atoms with Gasteiger partial charge < -0.3 is 9.84 Å². The van der Waals surface area contributed by atoms with Crippen molar-refractivity contribution >= 4 is 12.1 Å². The van der Waals surface area contributed by atoms with Gasteiger partial charge in [0.15, 0.2) is 0 Å². The van der Waals surface area contributed by atoms with Crippen LogP contribution < -0.4 is 0 Å². The van der Waals surface area contributed by atoms with E-state index in [2.05, 4.69) is 0 Å². The first-order valence-electron chi connectivity index (χ1n) is 7.42. The van der Waals surface area contributed by atoms with Gasteiger partial charge in [-0.05, 0) is 39.7 Å². The minimum atomic E-state index is -1.25. The minimum absolute atomic E-state index is 0.00480. The maximum Gasteiger partial charge on any atom is 0.411 e. The van der Waals surface area contributed by atoms with Gasteiger partial charge in [0.05, 0.1) is 0 Å². The molecule has 0 aliphatic carbocycles. The number of carbonyl (C=O) groups is 2. The SMILES string of the molecule is CC(C)(C)OC(=O)N1CC(c2ccccc2)C[C@@]1(C)C(=O)O. The van der Waals surface area contributed by atoms with Crippen LogP contribution in [0.5, 0.6) is 0 Å². The fraction of sp³-hybridized carbons (Fsp3) is 0.529. The van der Waals surface area contributed by atoms with Gasteiger partial charge in [-0.25, -0.2) is 9.59 Å². The number of hydrogen-bond donors (Lipinski definition) is 1. The highest BCUT2D eigenvalue weighted by Gasteiger charge is 2.51. The van der Waals surface area contributed by atoms with Crippen LogP contribution in [0.3, 0.4) is 0 Å². The van der Waals surface area contributed by atoms with Gasteiger partial charge in [-0.3, -0.25) is 4.90 Å². The number of likely N-dealkylation sites (tertiary alicyclic amines) is 1. The molecule has 1 aliphatic heterocycles. The number of benzene rings is 1. The zero-order valence-electron chi connectivity index (χ0n) is 13.5. The van der Waals surface area contributed by atoms with E-state index in [0.717, 1.165) is 5.56 Å². The first kappa shape index (κ1) is 16.3. The van der Waals surface area contributed by atoms with Crippen LogP contribution in [0.15, 0.2) is 30.3 Å². The predicted molar refractivity (Wildman–Crippen MR) is 82.8 cm³/mol. The van der Waals surface area contributed by atoms with E-state index in [4.69, 9.17) is 4.74 Å². The molecule has 0 radical (unpaired) electrons. The van der Waals surface area contributed by atoms with Gasteiger partial charge in [0.25, 0.3) is 0 Å². The van der Waals surface area contributed by atoms with Crippen LogP contribution in [0.25, 0.3) is 0 Å². The molecule has 0 aromatic heterocycles. The fourth-order valence-electron chi connectivity index (χ4n) is 2.82. The van der Waals surface area contributed by atoms with Gasteiger partial charge in [0.2, 0.25) is 0 Å². The molecule has 1 amide bonds. The maximum absolute atomic E-state index is 12.4. The lowest BCUT2D eigenvalue weighted by atomic mass is 9.90. The molecule has 5 heteroatoms. The van der Waals surface area contributed by atoms with E-state index in [-0.39, 0.29) is 5.92 Å². The highest BCUT2D eigenvalue weighted by atomic mass is 16.6. The Morgan fingerprint density at radius 3 is 2.36 bits per heavy atom. The number of carbonyl (C=O) groups excluding carboxylic acids is 1. The first-order valence-corrected chi connectivity index (χ1v) is 7.42. The van der Waals surface area contributed by atoms with Gasteiger partial charge in [-0.2, -0.15) is 0 Å². The summed E-state index contributed by atoms with van der Waals surface area (Å²) in [5.41, 5.74) is -0.856. The second-order valence-electron chi connectivity index (χ2n) is 6.98. The molecule has 0 spiro atoms. The average Bonchev–Trinajstić information content (AvgIpc) is 2.77. The van der Waals surface area contributed by atoms with Gasteiger partial charge in [0, 0.05) is 12.5 Å². The molecule has 2 atom stereocenters. The molecular weight excluding hydrogens is 282 g/mol. The van der Waals surface area contributed by atoms with Crippen molar-refractivity contribution in [2.24, 2.45) is 0 Å². The Hall–Kier alpha value is -2.04. The van der Waals surface area contributed by atoms with E-state index in [9.17, 15) is 14.7 Å². The lowest BCUT2D eigenvalue weighted by Gasteiger charge is -2.32. The largest absolute Gasteiger partial charge is 0.480 e. The first-order chi connectivity index (χ1) is 10.1. The quantitative estimate of drug-likeness (QED) is 0.910. The lowest BCUT2D eigenvalue weighted by molar-refractivity contribution is -0.148. The molecule has 5 nitrogen and oxygen atoms in total. The molecule has 1 aromatic carbocycles. The standard InChI is InChI=1S/C17H23NO4/c1-16(2,3)22-15(21)18-11-13(10-17(18,4)14(19)20)12-8-6-5-7-9-12/h5-9,13H,10-11H2,1-4H3,(H,19,20)/t13?,17-/m0/s1. The summed E-state index contributed by atoms with van der Waals surface area (Å²) in [4.78, 5) is 25.5. The summed E-state index contributed by atoms with van der Waals surface area (Å²) >= 11 is 0. The van der Waals surface area contributed by atoms with E-state index in [1.54, 1.807) is 27.7 Å². The molecule has 1 heterocycles. The molecule has 0 saturated carbocycles. The number of aliphatic carboxylic acids is 1. The van der Waals surface area contributed by atoms with Crippen molar-refractivity contribution in [3.05, 3.63) is 35.9 Å². The van der Waals surface area contributed by atoms with Crippen LogP contribution in [0, 0.1) is 0 Å². The summed E-state index contributed by atoms with van der Waals surface area (Å²) in [7, 11) is 0. The van der Waals surface area contributed by atoms with Crippen LogP contribution in [0.1, 0.15) is 45.6 Å². The maximum atomic E-state index is 12.4. The third-order valence-electron chi connectivity index (χ3n) is 3.99. The molecule has 120 valence electrons. The third-order valence-corrected chi connectivity index (χ3v) is 3.99. The number of carboxylic acid groups (broad SMARTS) is 1. The molecule has 1 unspecified atom stereocenters. The molecule has 1 aliphatic rings. The van der Waals surface area contributed by atoms with Crippen molar-refractivity contribution in [3.63, 3.8) is 0 Å². The Bertz CT molecular complexity index is 564. The van der Waals surface area contributed by atoms with Crippen molar-refractivity contribution in [3.8, 4) is 0 Å². The Morgan fingerprint density at radius 1 is 1.27 bits per heavy atom. The van der Waals surface area contributed by atoms with Gasteiger partial charge >= 0.3 is 12.1 Å². The molecule has 0 bridgehead atoms. The average molecular weight is 305 g/mol. The minimum Gasteiger partial charge on any atom is -0.480 e. The molecule has 1 aromatic rings. The van der Waals surface area contributed by atoms with E-state index >= 15 is 0 Å². The van der Waals surface area contributed by atoms with Crippen LogP contribution in [0.4, 0.5) is 4.79 Å². The van der Waals surface area contributed by atoms with Crippen molar-refractivity contribution < 1.29 is 19.4 Å². The van der Waals surface area contributed by atoms with E-state index in [0.29, 0.717) is 13.0 Å². The zero-order valence-corrected chi connectivity index (χ0v) is 13.5. The smallest absolute Gasteiger partial charge is 0.411 e. The zero-order chi connectivity index (χ0) is 16.5. The van der Waals surface area contributed by atoms with Gasteiger partial charge in [-0.15, -0.1) is 0 Å². The van der Waals surface area contributed by atoms with E-state index in [1.165, 1.54) is 4.90 Å². The molecule has 1 N–H and O–H groups in total. The van der Waals surface area contributed by atoms with Crippen molar-refractivity contribution in [2.75, 3.05) is 6.54 Å². The van der Waals surface area contributed by atoms with Crippen LogP contribution in [0.2, 0.25) is 0 Å². The summed E-state index contributed by atoms with van der Waals surface area (Å²) in [6.07, 6.45) is -0.193. The van der Waals surface area contributed by atoms with Crippen molar-refractivity contribution in [1.29, 1.82) is 0 Å². The van der Waals surface area contributed by atoms with Crippen molar-refractivity contribution in [1.82, 2.24) is 4.90 Å². The Morgan fingerprint density at radius 2 is 1.86 bits per heavy atom. The number of ether oxygens (including phenoxy) is 1. The summed E-state index contributed by atoms with van der Waals surface area (Å²) < 4.78 is 5.38. The molecule has 2 rings (SSSR count). The number of amides is 1. The molecule has 1 fully saturated rings. The van der Waals surface area contributed by atoms with E-state index in [1.807, 2.05) is 30.3 Å². The second-order valence-corrected chi connectivity index (χ2v) is 6.98. The Balaban J connectivity index is 2.27. The van der Waals surface area contributed by atoms with Crippen LogP contribution >= 0.6 is 0 Å². The number of nitrogens with zero attached hydrogens (tertiary/aromatic N) is 1. The van der Waals surface area contributed by atoms with Gasteiger partial charge in [0.1, 0.15) is 11.1 Å². The predicted octanol–water partition coefficient (Wildman–Crippen LogP) is 3.25. The lowest BCUT2D eigenvalue weighted by Crippen LogP contribution is -2.52. The monoisotopic (exact) mass is 305 g/mol.